The molecule has 1 saturated carbocycles. The number of anilines is 1. The Morgan fingerprint density at radius 3 is 2.76 bits per heavy atom. The van der Waals surface area contributed by atoms with Crippen molar-refractivity contribution in [1.82, 2.24) is 4.98 Å². The molecular weight excluding hydrogens is 496 g/mol. The minimum Gasteiger partial charge on any atom is -0.481 e. The van der Waals surface area contributed by atoms with Gasteiger partial charge in [-0.1, -0.05) is 35.9 Å². The Balaban J connectivity index is 1.34. The first-order valence-electron chi connectivity index (χ1n) is 10.7. The monoisotopic (exact) mass is 516 g/mol. The largest absolute Gasteiger partial charge is 0.481 e. The number of benzene rings is 2. The number of aliphatic carboxylic acids is 1. The van der Waals surface area contributed by atoms with Gasteiger partial charge in [0.2, 0.25) is 12.7 Å². The predicted octanol–water partition coefficient (Wildman–Crippen LogP) is 5.49. The summed E-state index contributed by atoms with van der Waals surface area (Å²) in [5.74, 6) is 0.837. The van der Waals surface area contributed by atoms with E-state index in [0.717, 1.165) is 28.8 Å². The molecule has 0 spiro atoms. The van der Waals surface area contributed by atoms with E-state index < -0.39 is 11.4 Å². The van der Waals surface area contributed by atoms with Gasteiger partial charge in [0.25, 0.3) is 0 Å². The van der Waals surface area contributed by atoms with Crippen molar-refractivity contribution >= 4 is 51.7 Å². The highest BCUT2D eigenvalue weighted by Crippen LogP contribution is 2.51. The van der Waals surface area contributed by atoms with Crippen molar-refractivity contribution in [1.29, 1.82) is 0 Å². The molecule has 1 aromatic heterocycles. The molecule has 1 fully saturated rings. The Morgan fingerprint density at radius 1 is 1.21 bits per heavy atom. The van der Waals surface area contributed by atoms with Crippen LogP contribution in [0.2, 0.25) is 5.02 Å². The fourth-order valence-corrected chi connectivity index (χ4v) is 6.53. The molecule has 1 unspecified atom stereocenters. The predicted molar refractivity (Wildman–Crippen MR) is 132 cm³/mol. The van der Waals surface area contributed by atoms with Crippen LogP contribution in [0.15, 0.2) is 48.7 Å². The topological polar surface area (TPSA) is 97.8 Å². The maximum absolute atomic E-state index is 13.2. The Morgan fingerprint density at radius 2 is 2.00 bits per heavy atom. The fraction of sp³-hybridized carbons (Fsp3) is 0.292. The van der Waals surface area contributed by atoms with Gasteiger partial charge in [-0.2, -0.15) is 0 Å². The van der Waals surface area contributed by atoms with Gasteiger partial charge in [0.15, 0.2) is 16.6 Å². The molecule has 5 rings (SSSR count). The average molecular weight is 517 g/mol. The summed E-state index contributed by atoms with van der Waals surface area (Å²) in [6.45, 7) is 0.191. The lowest BCUT2D eigenvalue weighted by Gasteiger charge is -2.16. The Bertz CT molecular complexity index is 1240. The lowest BCUT2D eigenvalue weighted by atomic mass is 9.94. The number of thioether (sulfide) groups is 1. The van der Waals surface area contributed by atoms with Crippen molar-refractivity contribution in [2.75, 3.05) is 17.9 Å². The molecule has 2 aromatic carbocycles. The summed E-state index contributed by atoms with van der Waals surface area (Å²) in [4.78, 5) is 29.6. The quantitative estimate of drug-likeness (QED) is 0.388. The van der Waals surface area contributed by atoms with Crippen molar-refractivity contribution in [3.8, 4) is 11.5 Å². The SMILES string of the molecule is O=C(O)CCSC(c1cnc(NC(=O)C2(c3ccc4c(c3)OCO4)CC2)s1)c1ccccc1Cl. The Labute approximate surface area is 209 Å². The van der Waals surface area contributed by atoms with Crippen LogP contribution in [0.3, 0.4) is 0 Å². The van der Waals surface area contributed by atoms with Crippen molar-refractivity contribution in [3.05, 3.63) is 69.7 Å². The second-order valence-corrected chi connectivity index (χ2v) is 10.8. The molecule has 7 nitrogen and oxygen atoms in total. The van der Waals surface area contributed by atoms with Crippen LogP contribution in [0, 0.1) is 0 Å². The first-order chi connectivity index (χ1) is 16.5. The van der Waals surface area contributed by atoms with Gasteiger partial charge >= 0.3 is 5.97 Å². The number of thiazole rings is 1. The summed E-state index contributed by atoms with van der Waals surface area (Å²) in [6, 6.07) is 13.1. The van der Waals surface area contributed by atoms with Gasteiger partial charge in [0.1, 0.15) is 0 Å². The van der Waals surface area contributed by atoms with Crippen LogP contribution in [0.4, 0.5) is 5.13 Å². The standard InChI is InChI=1S/C24H21ClN2O5S2/c25-16-4-2-1-3-15(16)21(33-10-7-20(28)29)19-12-26-23(34-19)27-22(30)24(8-9-24)14-5-6-17-18(11-14)32-13-31-17/h1-6,11-12,21H,7-10,13H2,(H,28,29)(H,26,27,30). The van der Waals surface area contributed by atoms with Gasteiger partial charge < -0.3 is 19.9 Å². The number of amides is 1. The fourth-order valence-electron chi connectivity index (χ4n) is 3.93. The van der Waals surface area contributed by atoms with Crippen LogP contribution < -0.4 is 14.8 Å². The summed E-state index contributed by atoms with van der Waals surface area (Å²) >= 11 is 9.31. The van der Waals surface area contributed by atoms with E-state index in [1.807, 2.05) is 42.5 Å². The normalized spacial score (nSPS) is 16.1. The van der Waals surface area contributed by atoms with Gasteiger partial charge in [-0.15, -0.1) is 23.1 Å². The summed E-state index contributed by atoms with van der Waals surface area (Å²) < 4.78 is 10.9. The molecule has 176 valence electrons. The van der Waals surface area contributed by atoms with Gasteiger partial charge in [-0.05, 0) is 42.2 Å². The number of halogens is 1. The van der Waals surface area contributed by atoms with Gasteiger partial charge in [0.05, 0.1) is 17.1 Å². The molecule has 10 heteroatoms. The van der Waals surface area contributed by atoms with E-state index >= 15 is 0 Å². The van der Waals surface area contributed by atoms with Gasteiger partial charge in [-0.25, -0.2) is 4.98 Å². The molecule has 1 aliphatic carbocycles. The number of rotatable bonds is 9. The zero-order valence-electron chi connectivity index (χ0n) is 18.0. The van der Waals surface area contributed by atoms with Gasteiger partial charge in [0, 0.05) is 21.8 Å². The lowest BCUT2D eigenvalue weighted by Crippen LogP contribution is -2.27. The number of nitrogens with one attached hydrogen (secondary N) is 1. The van der Waals surface area contributed by atoms with E-state index in [1.54, 1.807) is 6.20 Å². The highest BCUT2D eigenvalue weighted by molar-refractivity contribution is 7.99. The first kappa shape index (κ1) is 23.0. The van der Waals surface area contributed by atoms with Crippen LogP contribution in [-0.4, -0.2) is 34.5 Å². The number of hydrogen-bond acceptors (Lipinski definition) is 7. The number of ether oxygens (including phenoxy) is 2. The first-order valence-corrected chi connectivity index (χ1v) is 13.0. The third kappa shape index (κ3) is 4.60. The lowest BCUT2D eigenvalue weighted by molar-refractivity contribution is -0.136. The molecule has 2 N–H and O–H groups in total. The number of carboxylic acids is 1. The van der Waals surface area contributed by atoms with Crippen LogP contribution in [-0.2, 0) is 15.0 Å². The summed E-state index contributed by atoms with van der Waals surface area (Å²) in [5, 5.41) is 13.0. The molecule has 1 amide bonds. The molecule has 0 radical (unpaired) electrons. The number of aromatic nitrogens is 1. The second-order valence-electron chi connectivity index (χ2n) is 8.09. The van der Waals surface area contributed by atoms with Crippen molar-refractivity contribution < 1.29 is 24.2 Å². The zero-order chi connectivity index (χ0) is 23.7. The number of carboxylic acid groups (broad SMARTS) is 1. The summed E-state index contributed by atoms with van der Waals surface area (Å²) in [6.07, 6.45) is 3.28. The minimum absolute atomic E-state index is 0.0477. The third-order valence-corrected chi connectivity index (χ3v) is 8.65. The van der Waals surface area contributed by atoms with E-state index in [9.17, 15) is 9.59 Å². The Hall–Kier alpha value is -2.75. The minimum atomic E-state index is -0.846. The van der Waals surface area contributed by atoms with Crippen molar-refractivity contribution in [2.24, 2.45) is 0 Å². The zero-order valence-corrected chi connectivity index (χ0v) is 20.3. The molecule has 1 aliphatic heterocycles. The van der Waals surface area contributed by atoms with Crippen molar-refractivity contribution in [3.63, 3.8) is 0 Å². The number of nitrogens with zero attached hydrogens (tertiary/aromatic N) is 1. The maximum Gasteiger partial charge on any atom is 0.304 e. The molecule has 2 heterocycles. The molecule has 1 atom stereocenters. The molecular formula is C24H21ClN2O5S2. The Kier molecular flexibility index (Phi) is 6.42. The molecule has 0 bridgehead atoms. The van der Waals surface area contributed by atoms with Crippen LogP contribution in [0.5, 0.6) is 11.5 Å². The van der Waals surface area contributed by atoms with E-state index in [2.05, 4.69) is 10.3 Å². The highest BCUT2D eigenvalue weighted by atomic mass is 35.5. The molecule has 34 heavy (non-hydrogen) atoms. The van der Waals surface area contributed by atoms with Crippen molar-refractivity contribution in [2.45, 2.75) is 29.9 Å². The molecule has 0 saturated heterocycles. The van der Waals surface area contributed by atoms with E-state index in [1.165, 1.54) is 23.1 Å². The van der Waals surface area contributed by atoms with E-state index in [0.29, 0.717) is 27.4 Å². The number of hydrogen-bond donors (Lipinski definition) is 2. The number of carbonyl (C=O) groups excluding carboxylic acids is 1. The summed E-state index contributed by atoms with van der Waals surface area (Å²) in [7, 11) is 0. The van der Waals surface area contributed by atoms with Gasteiger partial charge in [-0.3, -0.25) is 9.59 Å². The summed E-state index contributed by atoms with van der Waals surface area (Å²) in [5.41, 5.74) is 1.20. The second kappa shape index (κ2) is 9.48. The maximum atomic E-state index is 13.2. The van der Waals surface area contributed by atoms with Crippen LogP contribution in [0.25, 0.3) is 0 Å². The number of carbonyl (C=O) groups is 2. The van der Waals surface area contributed by atoms with E-state index in [-0.39, 0.29) is 24.4 Å². The van der Waals surface area contributed by atoms with Crippen LogP contribution >= 0.6 is 34.7 Å². The smallest absolute Gasteiger partial charge is 0.304 e. The highest BCUT2D eigenvalue weighted by Gasteiger charge is 2.52. The molecule has 3 aromatic rings. The van der Waals surface area contributed by atoms with Crippen LogP contribution in [0.1, 0.15) is 40.5 Å². The number of fused-ring (bicyclic) bond motifs is 1. The van der Waals surface area contributed by atoms with E-state index in [4.69, 9.17) is 26.2 Å². The average Bonchev–Trinajstić information content (AvgIpc) is 3.28. The molecule has 2 aliphatic rings. The third-order valence-electron chi connectivity index (χ3n) is 5.90.